The molecule has 0 aromatic carbocycles. The second-order valence-electron chi connectivity index (χ2n) is 6.15. The fourth-order valence-electron chi connectivity index (χ4n) is 2.36. The van der Waals surface area contributed by atoms with Crippen LogP contribution < -0.4 is 10.6 Å². The Bertz CT molecular complexity index is 711. The molecule has 0 aliphatic heterocycles. The van der Waals surface area contributed by atoms with Crippen molar-refractivity contribution in [2.45, 2.75) is 52.6 Å². The minimum Gasteiger partial charge on any atom is -0.351 e. The van der Waals surface area contributed by atoms with Crippen LogP contribution in [0.5, 0.6) is 0 Å². The van der Waals surface area contributed by atoms with E-state index in [9.17, 15) is 9.59 Å². The summed E-state index contributed by atoms with van der Waals surface area (Å²) in [4.78, 5) is 27.2. The van der Waals surface area contributed by atoms with Crippen molar-refractivity contribution in [3.63, 3.8) is 0 Å². The van der Waals surface area contributed by atoms with Crippen LogP contribution in [0.15, 0.2) is 24.5 Å². The highest BCUT2D eigenvalue weighted by molar-refractivity contribution is 5.92. The van der Waals surface area contributed by atoms with E-state index < -0.39 is 0 Å². The van der Waals surface area contributed by atoms with Gasteiger partial charge in [0.25, 0.3) is 5.91 Å². The van der Waals surface area contributed by atoms with Crippen molar-refractivity contribution in [2.24, 2.45) is 0 Å². The number of rotatable bonds is 10. The molecule has 2 N–H and O–H groups in total. The Morgan fingerprint density at radius 2 is 2.04 bits per heavy atom. The fourth-order valence-corrected chi connectivity index (χ4v) is 2.36. The van der Waals surface area contributed by atoms with Crippen LogP contribution in [0.25, 0.3) is 0 Å². The van der Waals surface area contributed by atoms with Crippen LogP contribution in [0.4, 0.5) is 0 Å². The van der Waals surface area contributed by atoms with E-state index in [0.717, 1.165) is 31.2 Å². The Labute approximate surface area is 153 Å². The van der Waals surface area contributed by atoms with Crippen LogP contribution in [-0.4, -0.2) is 38.3 Å². The molecule has 0 atom stereocenters. The van der Waals surface area contributed by atoms with Crippen LogP contribution in [-0.2, 0) is 24.3 Å². The van der Waals surface area contributed by atoms with E-state index in [1.807, 2.05) is 6.07 Å². The topological polar surface area (TPSA) is 102 Å². The van der Waals surface area contributed by atoms with Crippen LogP contribution in [0.3, 0.4) is 0 Å². The molecule has 26 heavy (non-hydrogen) atoms. The van der Waals surface area contributed by atoms with Crippen molar-refractivity contribution in [1.29, 1.82) is 0 Å². The maximum absolute atomic E-state index is 12.1. The number of unbranched alkanes of at least 4 members (excludes halogenated alkanes) is 1. The van der Waals surface area contributed by atoms with Gasteiger partial charge in [0.2, 0.25) is 5.91 Å². The molecule has 0 bridgehead atoms. The predicted octanol–water partition coefficient (Wildman–Crippen LogP) is 1.47. The van der Waals surface area contributed by atoms with E-state index in [-0.39, 0.29) is 11.8 Å². The molecule has 0 unspecified atom stereocenters. The van der Waals surface area contributed by atoms with Gasteiger partial charge in [-0.2, -0.15) is 0 Å². The lowest BCUT2D eigenvalue weighted by atomic mass is 10.1. The molecule has 0 aliphatic rings. The van der Waals surface area contributed by atoms with Gasteiger partial charge in [-0.1, -0.05) is 24.6 Å². The predicted molar refractivity (Wildman–Crippen MR) is 97.3 cm³/mol. The Kier molecular flexibility index (Phi) is 7.73. The van der Waals surface area contributed by atoms with E-state index in [1.165, 1.54) is 6.92 Å². The van der Waals surface area contributed by atoms with E-state index >= 15 is 0 Å². The average Bonchev–Trinajstić information content (AvgIpc) is 3.10. The Hall–Kier alpha value is -2.77. The molecule has 2 aromatic heterocycles. The standard InChI is InChI=1S/C18H26N6O2/c1-3-4-6-15-7-8-17(21-11-15)18(26)19-9-5-10-24-13-16(22-23-24)12-20-14(2)25/h7-8,11,13H,3-6,9-10,12H2,1-2H3,(H,19,26)(H,20,25). The molecule has 0 saturated heterocycles. The Morgan fingerprint density at radius 1 is 1.19 bits per heavy atom. The van der Waals surface area contributed by atoms with Crippen LogP contribution in [0.2, 0.25) is 0 Å². The number of aromatic nitrogens is 4. The van der Waals surface area contributed by atoms with Crippen molar-refractivity contribution >= 4 is 11.8 Å². The summed E-state index contributed by atoms with van der Waals surface area (Å²) in [5.41, 5.74) is 2.30. The quantitative estimate of drug-likeness (QED) is 0.626. The highest BCUT2D eigenvalue weighted by Gasteiger charge is 2.07. The average molecular weight is 358 g/mol. The Morgan fingerprint density at radius 3 is 2.73 bits per heavy atom. The van der Waals surface area contributed by atoms with Gasteiger partial charge in [0.15, 0.2) is 0 Å². The van der Waals surface area contributed by atoms with E-state index in [0.29, 0.717) is 31.0 Å². The monoisotopic (exact) mass is 358 g/mol. The first-order chi connectivity index (χ1) is 12.6. The van der Waals surface area contributed by atoms with Crippen molar-refractivity contribution < 1.29 is 9.59 Å². The number of amides is 2. The number of nitrogens with one attached hydrogen (secondary N) is 2. The van der Waals surface area contributed by atoms with Gasteiger partial charge in [0.05, 0.1) is 12.7 Å². The first-order valence-corrected chi connectivity index (χ1v) is 8.95. The van der Waals surface area contributed by atoms with Crippen molar-refractivity contribution in [1.82, 2.24) is 30.6 Å². The molecule has 2 aromatic rings. The normalized spacial score (nSPS) is 10.5. The summed E-state index contributed by atoms with van der Waals surface area (Å²) in [6.45, 7) is 5.14. The van der Waals surface area contributed by atoms with E-state index in [4.69, 9.17) is 0 Å². The third-order valence-electron chi connectivity index (χ3n) is 3.83. The van der Waals surface area contributed by atoms with Crippen molar-refractivity contribution in [3.05, 3.63) is 41.5 Å². The summed E-state index contributed by atoms with van der Waals surface area (Å²) >= 11 is 0. The highest BCUT2D eigenvalue weighted by atomic mass is 16.2. The number of aryl methyl sites for hydroxylation is 2. The molecule has 2 amide bonds. The zero-order valence-corrected chi connectivity index (χ0v) is 15.4. The molecular formula is C18H26N6O2. The third-order valence-corrected chi connectivity index (χ3v) is 3.83. The van der Waals surface area contributed by atoms with Gasteiger partial charge < -0.3 is 10.6 Å². The zero-order valence-electron chi connectivity index (χ0n) is 15.4. The molecule has 0 aliphatic carbocycles. The summed E-state index contributed by atoms with van der Waals surface area (Å²) in [7, 11) is 0. The van der Waals surface area contributed by atoms with E-state index in [1.54, 1.807) is 23.1 Å². The number of nitrogens with zero attached hydrogens (tertiary/aromatic N) is 4. The molecule has 0 fully saturated rings. The third kappa shape index (κ3) is 6.62. The fraction of sp³-hybridized carbons (Fsp3) is 0.500. The molecule has 8 heteroatoms. The number of hydrogen-bond donors (Lipinski definition) is 2. The Balaban J connectivity index is 1.69. The summed E-state index contributed by atoms with van der Waals surface area (Å²) in [6, 6.07) is 3.73. The van der Waals surface area contributed by atoms with Crippen LogP contribution in [0.1, 0.15) is 54.9 Å². The number of carbonyl (C=O) groups is 2. The minimum absolute atomic E-state index is 0.103. The maximum atomic E-state index is 12.1. The first-order valence-electron chi connectivity index (χ1n) is 8.95. The molecule has 0 radical (unpaired) electrons. The molecule has 0 spiro atoms. The van der Waals surface area contributed by atoms with Crippen LogP contribution >= 0.6 is 0 Å². The molecular weight excluding hydrogens is 332 g/mol. The summed E-state index contributed by atoms with van der Waals surface area (Å²) in [5.74, 6) is -0.272. The number of hydrogen-bond acceptors (Lipinski definition) is 5. The SMILES string of the molecule is CCCCc1ccc(C(=O)NCCCn2cc(CNC(C)=O)nn2)nc1. The number of pyridine rings is 1. The van der Waals surface area contributed by atoms with Gasteiger partial charge in [-0.05, 0) is 30.9 Å². The van der Waals surface area contributed by atoms with Crippen molar-refractivity contribution in [3.8, 4) is 0 Å². The zero-order chi connectivity index (χ0) is 18.8. The summed E-state index contributed by atoms with van der Waals surface area (Å²) < 4.78 is 1.70. The molecule has 2 rings (SSSR count). The van der Waals surface area contributed by atoms with E-state index in [2.05, 4.69) is 32.9 Å². The van der Waals surface area contributed by atoms with Gasteiger partial charge in [0.1, 0.15) is 11.4 Å². The molecule has 140 valence electrons. The minimum atomic E-state index is -0.169. The first kappa shape index (κ1) is 19.6. The summed E-state index contributed by atoms with van der Waals surface area (Å²) in [6.07, 6.45) is 7.55. The lowest BCUT2D eigenvalue weighted by Crippen LogP contribution is -2.26. The van der Waals surface area contributed by atoms with Gasteiger partial charge in [-0.25, -0.2) is 0 Å². The molecule has 0 saturated carbocycles. The number of carbonyl (C=O) groups excluding carboxylic acids is 2. The van der Waals surface area contributed by atoms with Gasteiger partial charge in [-0.15, -0.1) is 5.10 Å². The summed E-state index contributed by atoms with van der Waals surface area (Å²) in [5, 5.41) is 13.5. The van der Waals surface area contributed by atoms with Gasteiger partial charge >= 0.3 is 0 Å². The van der Waals surface area contributed by atoms with Gasteiger partial charge in [-0.3, -0.25) is 19.3 Å². The lowest BCUT2D eigenvalue weighted by molar-refractivity contribution is -0.119. The molecule has 8 nitrogen and oxygen atoms in total. The van der Waals surface area contributed by atoms with Crippen molar-refractivity contribution in [2.75, 3.05) is 6.54 Å². The largest absolute Gasteiger partial charge is 0.351 e. The second-order valence-corrected chi connectivity index (χ2v) is 6.15. The molecule has 2 heterocycles. The van der Waals surface area contributed by atoms with Crippen LogP contribution in [0, 0.1) is 0 Å². The second kappa shape index (κ2) is 10.3. The maximum Gasteiger partial charge on any atom is 0.269 e. The lowest BCUT2D eigenvalue weighted by Gasteiger charge is -2.05. The van der Waals surface area contributed by atoms with Gasteiger partial charge in [0, 0.05) is 26.2 Å². The highest BCUT2D eigenvalue weighted by Crippen LogP contribution is 2.05. The smallest absolute Gasteiger partial charge is 0.269 e.